The number of ether oxygens (including phenoxy) is 1. The van der Waals surface area contributed by atoms with Gasteiger partial charge in [0.05, 0.1) is 13.2 Å². The molecular formula is C27H33N3O3S. The molecule has 3 rings (SSSR count). The third-order valence-corrected chi connectivity index (χ3v) is 6.22. The lowest BCUT2D eigenvalue weighted by Crippen LogP contribution is -2.44. The molecule has 1 N–H and O–H groups in total. The fourth-order valence-electron chi connectivity index (χ4n) is 3.58. The minimum Gasteiger partial charge on any atom is -0.494 e. The Bertz CT molecular complexity index is 1050. The van der Waals surface area contributed by atoms with Gasteiger partial charge >= 0.3 is 6.03 Å². The van der Waals surface area contributed by atoms with Gasteiger partial charge in [-0.15, -0.1) is 11.3 Å². The Morgan fingerprint density at radius 1 is 0.912 bits per heavy atom. The molecule has 1 aromatic heterocycles. The highest BCUT2D eigenvalue weighted by molar-refractivity contribution is 7.11. The summed E-state index contributed by atoms with van der Waals surface area (Å²) in [6.45, 7) is 8.10. The van der Waals surface area contributed by atoms with Gasteiger partial charge < -0.3 is 19.9 Å². The van der Waals surface area contributed by atoms with Gasteiger partial charge in [0.15, 0.2) is 0 Å². The summed E-state index contributed by atoms with van der Waals surface area (Å²) < 4.78 is 5.46. The summed E-state index contributed by atoms with van der Waals surface area (Å²) in [6, 6.07) is 21.0. The van der Waals surface area contributed by atoms with E-state index in [1.165, 1.54) is 4.88 Å². The lowest BCUT2D eigenvalue weighted by atomic mass is 10.2. The maximum absolute atomic E-state index is 13.4. The number of carbonyl (C=O) groups excluding carboxylic acids is 2. The SMILES string of the molecule is CCCN(CC(=O)N(Cc1ccccc1)Cc1ccc(C)s1)C(=O)Nc1ccc(OCC)cc1. The van der Waals surface area contributed by atoms with Crippen molar-refractivity contribution >= 4 is 29.0 Å². The van der Waals surface area contributed by atoms with Gasteiger partial charge in [-0.25, -0.2) is 4.79 Å². The molecule has 180 valence electrons. The van der Waals surface area contributed by atoms with Crippen LogP contribution in [0.5, 0.6) is 5.75 Å². The van der Waals surface area contributed by atoms with E-state index in [1.54, 1.807) is 28.4 Å². The molecule has 0 spiro atoms. The topological polar surface area (TPSA) is 61.9 Å². The Balaban J connectivity index is 1.70. The summed E-state index contributed by atoms with van der Waals surface area (Å²) in [5.41, 5.74) is 1.72. The molecule has 2 aromatic carbocycles. The molecule has 0 atom stereocenters. The number of carbonyl (C=O) groups is 2. The molecule has 3 amide bonds. The van der Waals surface area contributed by atoms with Gasteiger partial charge in [-0.2, -0.15) is 0 Å². The van der Waals surface area contributed by atoms with Crippen molar-refractivity contribution < 1.29 is 14.3 Å². The summed E-state index contributed by atoms with van der Waals surface area (Å²) in [7, 11) is 0. The van der Waals surface area contributed by atoms with Crippen LogP contribution in [-0.4, -0.2) is 41.4 Å². The minimum atomic E-state index is -0.286. The van der Waals surface area contributed by atoms with Crippen LogP contribution >= 0.6 is 11.3 Å². The van der Waals surface area contributed by atoms with E-state index in [2.05, 4.69) is 24.4 Å². The van der Waals surface area contributed by atoms with E-state index in [1.807, 2.05) is 61.2 Å². The minimum absolute atomic E-state index is 0.0217. The van der Waals surface area contributed by atoms with E-state index in [0.717, 1.165) is 22.6 Å². The van der Waals surface area contributed by atoms with Crippen LogP contribution in [0, 0.1) is 6.92 Å². The summed E-state index contributed by atoms with van der Waals surface area (Å²) in [4.78, 5) is 32.2. The van der Waals surface area contributed by atoms with Gasteiger partial charge in [-0.1, -0.05) is 37.3 Å². The number of amides is 3. The number of nitrogens with one attached hydrogen (secondary N) is 1. The van der Waals surface area contributed by atoms with Gasteiger partial charge in [0.25, 0.3) is 0 Å². The number of hydrogen-bond acceptors (Lipinski definition) is 4. The number of benzene rings is 2. The number of hydrogen-bond donors (Lipinski definition) is 1. The maximum atomic E-state index is 13.4. The number of thiophene rings is 1. The molecule has 0 aliphatic heterocycles. The van der Waals surface area contributed by atoms with Crippen molar-refractivity contribution in [3.05, 3.63) is 82.0 Å². The molecule has 0 fully saturated rings. The van der Waals surface area contributed by atoms with E-state index in [-0.39, 0.29) is 18.5 Å². The molecule has 0 bridgehead atoms. The molecule has 0 aliphatic carbocycles. The van der Waals surface area contributed by atoms with E-state index in [0.29, 0.717) is 31.9 Å². The molecule has 0 saturated heterocycles. The second kappa shape index (κ2) is 12.8. The van der Waals surface area contributed by atoms with Crippen molar-refractivity contribution in [1.29, 1.82) is 0 Å². The highest BCUT2D eigenvalue weighted by Crippen LogP contribution is 2.20. The molecule has 3 aromatic rings. The van der Waals surface area contributed by atoms with Crippen LogP contribution in [0.2, 0.25) is 0 Å². The van der Waals surface area contributed by atoms with Gasteiger partial charge in [0.1, 0.15) is 12.3 Å². The Kier molecular flexibility index (Phi) is 9.52. The van der Waals surface area contributed by atoms with Gasteiger partial charge in [-0.05, 0) is 62.2 Å². The number of aryl methyl sites for hydroxylation is 1. The first-order valence-electron chi connectivity index (χ1n) is 11.6. The molecule has 0 unspecified atom stereocenters. The first-order chi connectivity index (χ1) is 16.5. The van der Waals surface area contributed by atoms with E-state index in [9.17, 15) is 9.59 Å². The van der Waals surface area contributed by atoms with Crippen LogP contribution in [0.1, 0.15) is 35.6 Å². The second-order valence-corrected chi connectivity index (χ2v) is 9.43. The number of anilines is 1. The molecule has 0 saturated carbocycles. The summed E-state index contributed by atoms with van der Waals surface area (Å²) in [5, 5.41) is 2.91. The van der Waals surface area contributed by atoms with Crippen molar-refractivity contribution in [3.63, 3.8) is 0 Å². The summed E-state index contributed by atoms with van der Waals surface area (Å²) in [6.07, 6.45) is 0.757. The molecule has 1 heterocycles. The molecule has 7 heteroatoms. The van der Waals surface area contributed by atoms with Crippen molar-refractivity contribution in [1.82, 2.24) is 9.80 Å². The van der Waals surface area contributed by atoms with Crippen molar-refractivity contribution in [2.24, 2.45) is 0 Å². The smallest absolute Gasteiger partial charge is 0.322 e. The predicted molar refractivity (Wildman–Crippen MR) is 138 cm³/mol. The van der Waals surface area contributed by atoms with Crippen LogP contribution in [0.4, 0.5) is 10.5 Å². The molecule has 0 aliphatic rings. The van der Waals surface area contributed by atoms with Gasteiger partial charge in [-0.3, -0.25) is 4.79 Å². The standard InChI is InChI=1S/C27H33N3O3S/c1-4-17-29(27(32)28-23-12-14-24(15-13-23)33-5-2)20-26(31)30(18-22-9-7-6-8-10-22)19-25-16-11-21(3)34-25/h6-16H,4-5,17-20H2,1-3H3,(H,28,32). The van der Waals surface area contributed by atoms with Crippen molar-refractivity contribution in [3.8, 4) is 5.75 Å². The predicted octanol–water partition coefficient (Wildman–Crippen LogP) is 5.93. The lowest BCUT2D eigenvalue weighted by Gasteiger charge is -2.27. The van der Waals surface area contributed by atoms with Gasteiger partial charge in [0, 0.05) is 28.5 Å². The highest BCUT2D eigenvalue weighted by atomic mass is 32.1. The van der Waals surface area contributed by atoms with Crippen molar-refractivity contribution in [2.75, 3.05) is 25.0 Å². The summed E-state index contributed by atoms with van der Waals surface area (Å²) >= 11 is 1.69. The first kappa shape index (κ1) is 25.3. The molecule has 6 nitrogen and oxygen atoms in total. The Morgan fingerprint density at radius 2 is 1.65 bits per heavy atom. The molecular weight excluding hydrogens is 446 g/mol. The maximum Gasteiger partial charge on any atom is 0.322 e. The second-order valence-electron chi connectivity index (χ2n) is 8.06. The fraction of sp³-hybridized carbons (Fsp3) is 0.333. The monoisotopic (exact) mass is 479 g/mol. The normalized spacial score (nSPS) is 10.6. The third kappa shape index (κ3) is 7.63. The largest absolute Gasteiger partial charge is 0.494 e. The van der Waals surface area contributed by atoms with E-state index in [4.69, 9.17) is 4.74 Å². The fourth-order valence-corrected chi connectivity index (χ4v) is 4.49. The lowest BCUT2D eigenvalue weighted by molar-refractivity contribution is -0.133. The zero-order valence-corrected chi connectivity index (χ0v) is 20.9. The van der Waals surface area contributed by atoms with Crippen molar-refractivity contribution in [2.45, 2.75) is 40.3 Å². The Hall–Kier alpha value is -3.32. The third-order valence-electron chi connectivity index (χ3n) is 5.24. The average Bonchev–Trinajstić information content (AvgIpc) is 3.25. The molecule has 34 heavy (non-hydrogen) atoms. The number of urea groups is 1. The zero-order valence-electron chi connectivity index (χ0n) is 20.1. The van der Waals surface area contributed by atoms with Gasteiger partial charge in [0.2, 0.25) is 5.91 Å². The average molecular weight is 480 g/mol. The van der Waals surface area contributed by atoms with Crippen LogP contribution in [0.3, 0.4) is 0 Å². The van der Waals surface area contributed by atoms with Crippen LogP contribution < -0.4 is 10.1 Å². The van der Waals surface area contributed by atoms with Crippen LogP contribution in [0.25, 0.3) is 0 Å². The van der Waals surface area contributed by atoms with E-state index >= 15 is 0 Å². The van der Waals surface area contributed by atoms with Crippen LogP contribution in [0.15, 0.2) is 66.7 Å². The zero-order chi connectivity index (χ0) is 24.3. The Morgan fingerprint density at radius 3 is 2.26 bits per heavy atom. The number of nitrogens with zero attached hydrogens (tertiary/aromatic N) is 2. The molecule has 0 radical (unpaired) electrons. The summed E-state index contributed by atoms with van der Waals surface area (Å²) in [5.74, 6) is 0.673. The van der Waals surface area contributed by atoms with E-state index < -0.39 is 0 Å². The van der Waals surface area contributed by atoms with Crippen LogP contribution in [-0.2, 0) is 17.9 Å². The number of rotatable bonds is 11. The first-order valence-corrected chi connectivity index (χ1v) is 12.5. The quantitative estimate of drug-likeness (QED) is 0.371. The Labute approximate surface area is 206 Å². The highest BCUT2D eigenvalue weighted by Gasteiger charge is 2.22.